The van der Waals surface area contributed by atoms with Gasteiger partial charge in [-0.05, 0) is 31.5 Å². The summed E-state index contributed by atoms with van der Waals surface area (Å²) in [7, 11) is 0. The zero-order chi connectivity index (χ0) is 17.4. The fraction of sp³-hybridized carbons (Fsp3) is 0.588. The number of rotatable bonds is 6. The van der Waals surface area contributed by atoms with Gasteiger partial charge in [-0.3, -0.25) is 4.90 Å². The molecule has 0 spiro atoms. The van der Waals surface area contributed by atoms with Crippen LogP contribution in [0.25, 0.3) is 0 Å². The van der Waals surface area contributed by atoms with Crippen LogP contribution >= 0.6 is 51.5 Å². The third kappa shape index (κ3) is 7.99. The van der Waals surface area contributed by atoms with Crippen molar-refractivity contribution in [1.82, 2.24) is 15.5 Å². The van der Waals surface area contributed by atoms with Gasteiger partial charge in [0.15, 0.2) is 5.96 Å². The van der Waals surface area contributed by atoms with E-state index in [0.717, 1.165) is 60.4 Å². The fourth-order valence-corrected chi connectivity index (χ4v) is 3.28. The second kappa shape index (κ2) is 12.3. The van der Waals surface area contributed by atoms with Crippen LogP contribution in [0.5, 0.6) is 0 Å². The predicted octanol–water partition coefficient (Wildman–Crippen LogP) is 3.50. The molecule has 5 nitrogen and oxygen atoms in total. The van der Waals surface area contributed by atoms with Crippen LogP contribution in [0.4, 0.5) is 0 Å². The highest BCUT2D eigenvalue weighted by molar-refractivity contribution is 14.0. The summed E-state index contributed by atoms with van der Waals surface area (Å²) in [6.07, 6.45) is 0. The van der Waals surface area contributed by atoms with Gasteiger partial charge in [0.25, 0.3) is 0 Å². The third-order valence-electron chi connectivity index (χ3n) is 4.00. The van der Waals surface area contributed by atoms with Gasteiger partial charge in [-0.15, -0.1) is 24.0 Å². The van der Waals surface area contributed by atoms with Crippen LogP contribution in [0, 0.1) is 0 Å². The molecule has 1 saturated heterocycles. The minimum absolute atomic E-state index is 0. The number of morpholine rings is 1. The lowest BCUT2D eigenvalue weighted by Gasteiger charge is -2.32. The van der Waals surface area contributed by atoms with Gasteiger partial charge in [-0.25, -0.2) is 4.99 Å². The molecule has 0 aromatic heterocycles. The van der Waals surface area contributed by atoms with Gasteiger partial charge < -0.3 is 15.4 Å². The van der Waals surface area contributed by atoms with Gasteiger partial charge in [-0.2, -0.15) is 0 Å². The molecular weight excluding hydrogens is 518 g/mol. The second-order valence-electron chi connectivity index (χ2n) is 5.81. The van der Waals surface area contributed by atoms with E-state index in [-0.39, 0.29) is 24.0 Å². The van der Waals surface area contributed by atoms with Crippen molar-refractivity contribution in [3.8, 4) is 0 Å². The van der Waals surface area contributed by atoms with Gasteiger partial charge in [0.2, 0.25) is 0 Å². The normalized spacial score (nSPS) is 16.9. The molecular formula is C17H27BrClIN4O. The van der Waals surface area contributed by atoms with Crippen molar-refractivity contribution in [2.45, 2.75) is 26.4 Å². The number of hydrogen-bond acceptors (Lipinski definition) is 3. The Balaban J connectivity index is 0.00000312. The third-order valence-corrected chi connectivity index (χ3v) is 4.85. The maximum Gasteiger partial charge on any atom is 0.191 e. The zero-order valence-corrected chi connectivity index (χ0v) is 19.4. The average molecular weight is 546 g/mol. The predicted molar refractivity (Wildman–Crippen MR) is 119 cm³/mol. The first-order chi connectivity index (χ1) is 11.6. The van der Waals surface area contributed by atoms with Crippen LogP contribution in [0.2, 0.25) is 5.02 Å². The maximum absolute atomic E-state index is 6.26. The highest BCUT2D eigenvalue weighted by Crippen LogP contribution is 2.21. The molecule has 0 saturated carbocycles. The first-order valence-electron chi connectivity index (χ1n) is 8.38. The maximum atomic E-state index is 6.26. The molecule has 0 aliphatic carbocycles. The molecule has 1 aromatic carbocycles. The quantitative estimate of drug-likeness (QED) is 0.327. The SMILES string of the molecule is CCNC(=NCc1ccc(Br)cc1Cl)NCC(C)N1CCOCC1.I. The monoisotopic (exact) mass is 544 g/mol. The van der Waals surface area contributed by atoms with E-state index in [2.05, 4.69) is 50.3 Å². The van der Waals surface area contributed by atoms with Crippen molar-refractivity contribution in [3.05, 3.63) is 33.3 Å². The van der Waals surface area contributed by atoms with Crippen molar-refractivity contribution in [3.63, 3.8) is 0 Å². The summed E-state index contributed by atoms with van der Waals surface area (Å²) in [5, 5.41) is 7.44. The van der Waals surface area contributed by atoms with Crippen LogP contribution < -0.4 is 10.6 Å². The van der Waals surface area contributed by atoms with Gasteiger partial charge in [0.05, 0.1) is 19.8 Å². The summed E-state index contributed by atoms with van der Waals surface area (Å²) in [4.78, 5) is 7.08. The molecule has 1 aliphatic rings. The van der Waals surface area contributed by atoms with Crippen molar-refractivity contribution >= 4 is 57.5 Å². The summed E-state index contributed by atoms with van der Waals surface area (Å²) in [5.74, 6) is 0.816. The molecule has 2 N–H and O–H groups in total. The minimum Gasteiger partial charge on any atom is -0.379 e. The number of hydrogen-bond donors (Lipinski definition) is 2. The lowest BCUT2D eigenvalue weighted by atomic mass is 10.2. The highest BCUT2D eigenvalue weighted by Gasteiger charge is 2.17. The minimum atomic E-state index is 0. The van der Waals surface area contributed by atoms with E-state index < -0.39 is 0 Å². The van der Waals surface area contributed by atoms with E-state index in [9.17, 15) is 0 Å². The van der Waals surface area contributed by atoms with Crippen molar-refractivity contribution in [2.24, 2.45) is 4.99 Å². The Hall–Kier alpha value is -0.0900. The van der Waals surface area contributed by atoms with Crippen molar-refractivity contribution < 1.29 is 4.74 Å². The van der Waals surface area contributed by atoms with Gasteiger partial charge in [0.1, 0.15) is 0 Å². The fourth-order valence-electron chi connectivity index (χ4n) is 2.55. The van der Waals surface area contributed by atoms with Crippen LogP contribution in [0.1, 0.15) is 19.4 Å². The van der Waals surface area contributed by atoms with Crippen LogP contribution in [-0.2, 0) is 11.3 Å². The molecule has 142 valence electrons. The molecule has 1 heterocycles. The highest BCUT2D eigenvalue weighted by atomic mass is 127. The molecule has 0 bridgehead atoms. The molecule has 1 aromatic rings. The molecule has 1 unspecified atom stereocenters. The van der Waals surface area contributed by atoms with Gasteiger partial charge in [0, 0.05) is 41.7 Å². The van der Waals surface area contributed by atoms with Crippen LogP contribution in [0.15, 0.2) is 27.7 Å². The van der Waals surface area contributed by atoms with Crippen molar-refractivity contribution in [1.29, 1.82) is 0 Å². The molecule has 1 aliphatic heterocycles. The van der Waals surface area contributed by atoms with E-state index in [1.165, 1.54) is 0 Å². The van der Waals surface area contributed by atoms with E-state index in [1.807, 2.05) is 18.2 Å². The number of ether oxygens (including phenoxy) is 1. The summed E-state index contributed by atoms with van der Waals surface area (Å²) < 4.78 is 6.38. The standard InChI is InChI=1S/C17H26BrClN4O.HI/c1-3-20-17(21-11-13(2)23-6-8-24-9-7-23)22-12-14-4-5-15(18)10-16(14)19;/h4-5,10,13H,3,6-9,11-12H2,1-2H3,(H2,20,21,22);1H. The lowest BCUT2D eigenvalue weighted by Crippen LogP contribution is -2.49. The molecule has 0 radical (unpaired) electrons. The van der Waals surface area contributed by atoms with Gasteiger partial charge >= 0.3 is 0 Å². The Morgan fingerprint density at radius 2 is 2.08 bits per heavy atom. The molecule has 1 fully saturated rings. The van der Waals surface area contributed by atoms with Crippen LogP contribution in [0.3, 0.4) is 0 Å². The largest absolute Gasteiger partial charge is 0.379 e. The summed E-state index contributed by atoms with van der Waals surface area (Å²) in [5.41, 5.74) is 1.01. The number of halogens is 3. The zero-order valence-electron chi connectivity index (χ0n) is 14.7. The average Bonchev–Trinajstić information content (AvgIpc) is 2.59. The van der Waals surface area contributed by atoms with Crippen LogP contribution in [-0.4, -0.2) is 56.3 Å². The number of benzene rings is 1. The Morgan fingerprint density at radius 1 is 1.36 bits per heavy atom. The van der Waals surface area contributed by atoms with Gasteiger partial charge in [-0.1, -0.05) is 33.6 Å². The number of guanidine groups is 1. The molecule has 0 amide bonds. The molecule has 2 rings (SSSR count). The first-order valence-corrected chi connectivity index (χ1v) is 9.55. The van der Waals surface area contributed by atoms with E-state index in [0.29, 0.717) is 12.6 Å². The lowest BCUT2D eigenvalue weighted by molar-refractivity contribution is 0.0211. The smallest absolute Gasteiger partial charge is 0.191 e. The Bertz CT molecular complexity index is 555. The number of nitrogens with zero attached hydrogens (tertiary/aromatic N) is 2. The second-order valence-corrected chi connectivity index (χ2v) is 7.13. The Kier molecular flexibility index (Phi) is 11.3. The van der Waals surface area contributed by atoms with Crippen molar-refractivity contribution in [2.75, 3.05) is 39.4 Å². The topological polar surface area (TPSA) is 48.9 Å². The first kappa shape index (κ1) is 23.0. The molecule has 25 heavy (non-hydrogen) atoms. The van der Waals surface area contributed by atoms with E-state index in [4.69, 9.17) is 16.3 Å². The number of nitrogens with one attached hydrogen (secondary N) is 2. The summed E-state index contributed by atoms with van der Waals surface area (Å²) >= 11 is 9.68. The number of aliphatic imine (C=N–C) groups is 1. The molecule has 8 heteroatoms. The Labute approximate surface area is 181 Å². The summed E-state index contributed by atoms with van der Waals surface area (Å²) in [6.45, 7) is 10.1. The van der Waals surface area contributed by atoms with E-state index >= 15 is 0 Å². The Morgan fingerprint density at radius 3 is 2.72 bits per heavy atom. The summed E-state index contributed by atoms with van der Waals surface area (Å²) in [6, 6.07) is 6.31. The molecule has 1 atom stereocenters. The van der Waals surface area contributed by atoms with E-state index in [1.54, 1.807) is 0 Å².